The van der Waals surface area contributed by atoms with Crippen molar-refractivity contribution in [3.8, 4) is 0 Å². The smallest absolute Gasteiger partial charge is 0.226 e. The summed E-state index contributed by atoms with van der Waals surface area (Å²) >= 11 is 6.23. The molecule has 43 heavy (non-hydrogen) atoms. The Morgan fingerprint density at radius 2 is 1.84 bits per heavy atom. The van der Waals surface area contributed by atoms with Crippen molar-refractivity contribution in [3.05, 3.63) is 75.8 Å². The molecule has 4 fully saturated rings. The SMILES string of the molecule is C[C@H](c1cc(F)c(Cl)cc1C1CCN(C(=O)C2CC(N3C[C@H]4C[C@@H]3CO4)C[C@H]2c2ccc(F)cc2F)CC1)n1cnnn1. The minimum absolute atomic E-state index is 0.0229. The van der Waals surface area contributed by atoms with Gasteiger partial charge in [-0.3, -0.25) is 9.69 Å². The molecule has 1 aromatic heterocycles. The number of carbonyl (C=O) groups is 1. The lowest BCUT2D eigenvalue weighted by Gasteiger charge is -2.36. The summed E-state index contributed by atoms with van der Waals surface area (Å²) in [5.74, 6) is -2.34. The van der Waals surface area contributed by atoms with E-state index in [1.807, 2.05) is 11.8 Å². The number of benzene rings is 2. The summed E-state index contributed by atoms with van der Waals surface area (Å²) in [4.78, 5) is 18.5. The third-order valence-corrected chi connectivity index (χ3v) is 10.5. The molecule has 1 aliphatic carbocycles. The van der Waals surface area contributed by atoms with Gasteiger partial charge in [-0.15, -0.1) is 5.10 Å². The quantitative estimate of drug-likeness (QED) is 0.385. The molecule has 7 rings (SSSR count). The highest BCUT2D eigenvalue weighted by atomic mass is 35.5. The molecule has 3 aliphatic heterocycles. The van der Waals surface area contributed by atoms with Crippen LogP contribution in [0, 0.1) is 23.4 Å². The molecule has 1 saturated carbocycles. The van der Waals surface area contributed by atoms with Crippen molar-refractivity contribution in [1.29, 1.82) is 0 Å². The van der Waals surface area contributed by atoms with Gasteiger partial charge in [-0.1, -0.05) is 17.7 Å². The number of piperidine rings is 1. The van der Waals surface area contributed by atoms with Gasteiger partial charge in [0.15, 0.2) is 0 Å². The number of aromatic nitrogens is 4. The van der Waals surface area contributed by atoms with Gasteiger partial charge in [-0.2, -0.15) is 0 Å². The molecule has 2 unspecified atom stereocenters. The van der Waals surface area contributed by atoms with Gasteiger partial charge >= 0.3 is 0 Å². The Bertz CT molecular complexity index is 1500. The fourth-order valence-corrected chi connectivity index (χ4v) is 8.18. The summed E-state index contributed by atoms with van der Waals surface area (Å²) in [7, 11) is 0. The fraction of sp³-hybridized carbons (Fsp3) is 0.548. The minimum atomic E-state index is -0.621. The number of hydrogen-bond acceptors (Lipinski definition) is 6. The highest BCUT2D eigenvalue weighted by molar-refractivity contribution is 6.30. The van der Waals surface area contributed by atoms with Crippen LogP contribution in [-0.2, 0) is 9.53 Å². The van der Waals surface area contributed by atoms with Crippen LogP contribution in [0.4, 0.5) is 13.2 Å². The zero-order valence-electron chi connectivity index (χ0n) is 23.9. The van der Waals surface area contributed by atoms with E-state index >= 15 is 4.39 Å². The summed E-state index contributed by atoms with van der Waals surface area (Å²) in [6.07, 6.45) is 5.39. The Balaban J connectivity index is 1.10. The average molecular weight is 615 g/mol. The van der Waals surface area contributed by atoms with E-state index in [1.54, 1.807) is 10.7 Å². The molecular formula is C31H34ClF3N6O2. The van der Waals surface area contributed by atoms with E-state index in [0.29, 0.717) is 57.0 Å². The number of nitrogens with zero attached hydrogens (tertiary/aromatic N) is 6. The number of tetrazole rings is 1. The lowest BCUT2D eigenvalue weighted by Crippen LogP contribution is -2.44. The van der Waals surface area contributed by atoms with Crippen molar-refractivity contribution in [2.45, 2.75) is 75.1 Å². The van der Waals surface area contributed by atoms with E-state index in [9.17, 15) is 13.6 Å². The number of ether oxygens (including phenoxy) is 1. The maximum atomic E-state index is 15.1. The maximum absolute atomic E-state index is 15.1. The van der Waals surface area contributed by atoms with Crippen molar-refractivity contribution in [3.63, 3.8) is 0 Å². The number of carbonyl (C=O) groups excluding carboxylic acids is 1. The molecule has 228 valence electrons. The van der Waals surface area contributed by atoms with E-state index in [2.05, 4.69) is 20.4 Å². The molecule has 3 saturated heterocycles. The molecule has 4 heterocycles. The molecule has 3 aromatic rings. The van der Waals surface area contributed by atoms with Crippen LogP contribution in [0.3, 0.4) is 0 Å². The first-order valence-electron chi connectivity index (χ1n) is 15.1. The summed E-state index contributed by atoms with van der Waals surface area (Å²) in [6, 6.07) is 7.05. The Morgan fingerprint density at radius 1 is 1.02 bits per heavy atom. The first-order chi connectivity index (χ1) is 20.8. The van der Waals surface area contributed by atoms with Crippen LogP contribution in [0.15, 0.2) is 36.7 Å². The second-order valence-electron chi connectivity index (χ2n) is 12.5. The Hall–Kier alpha value is -3.02. The summed E-state index contributed by atoms with van der Waals surface area (Å²) in [6.45, 7) is 4.50. The highest BCUT2D eigenvalue weighted by Gasteiger charge is 2.49. The third-order valence-electron chi connectivity index (χ3n) is 10.2. The average Bonchev–Trinajstić information content (AvgIpc) is 3.83. The van der Waals surface area contributed by atoms with Crippen LogP contribution in [-0.4, -0.2) is 80.3 Å². The number of hydrogen-bond donors (Lipinski definition) is 0. The Kier molecular flexibility index (Phi) is 7.67. The molecule has 1 amide bonds. The van der Waals surface area contributed by atoms with Crippen LogP contribution in [0.1, 0.15) is 73.6 Å². The van der Waals surface area contributed by atoms with E-state index in [-0.39, 0.29) is 41.0 Å². The van der Waals surface area contributed by atoms with Gasteiger partial charge in [0.1, 0.15) is 23.8 Å². The number of amides is 1. The number of likely N-dealkylation sites (tertiary alicyclic amines) is 2. The summed E-state index contributed by atoms with van der Waals surface area (Å²) < 4.78 is 50.9. The molecule has 6 atom stereocenters. The zero-order valence-corrected chi connectivity index (χ0v) is 24.6. The predicted molar refractivity (Wildman–Crippen MR) is 152 cm³/mol. The van der Waals surface area contributed by atoms with Gasteiger partial charge in [0.05, 0.1) is 23.8 Å². The lowest BCUT2D eigenvalue weighted by molar-refractivity contribution is -0.137. The lowest BCUT2D eigenvalue weighted by atomic mass is 9.83. The second kappa shape index (κ2) is 11.5. The monoisotopic (exact) mass is 614 g/mol. The van der Waals surface area contributed by atoms with Crippen LogP contribution in [0.5, 0.6) is 0 Å². The van der Waals surface area contributed by atoms with E-state index in [1.165, 1.54) is 24.5 Å². The number of halogens is 4. The standard InChI is InChI=1S/C31H34ClF3N6O2/c1-17(41-16-36-37-38-41)24-13-30(35)28(32)12-25(24)18-4-6-39(7-5-18)31(42)27-11-20(40-14-22-9-21(40)15-43-22)10-26(27)23-3-2-19(33)8-29(23)34/h2-3,8,12-13,16-18,20-22,26-27H,4-7,9-11,14-15H2,1H3/t17-,20?,21-,22-,26+,27?/m1/s1. The molecule has 2 bridgehead atoms. The van der Waals surface area contributed by atoms with E-state index in [4.69, 9.17) is 16.3 Å². The molecule has 12 heteroatoms. The van der Waals surface area contributed by atoms with Crippen LogP contribution in [0.2, 0.25) is 5.02 Å². The van der Waals surface area contributed by atoms with Gasteiger partial charge in [0, 0.05) is 43.7 Å². The molecule has 0 spiro atoms. The van der Waals surface area contributed by atoms with Gasteiger partial charge in [0.25, 0.3) is 0 Å². The normalized spacial score (nSPS) is 28.6. The Morgan fingerprint density at radius 3 is 2.51 bits per heavy atom. The maximum Gasteiger partial charge on any atom is 0.226 e. The first-order valence-corrected chi connectivity index (χ1v) is 15.5. The van der Waals surface area contributed by atoms with Gasteiger partial charge < -0.3 is 9.64 Å². The van der Waals surface area contributed by atoms with Crippen LogP contribution in [0.25, 0.3) is 0 Å². The number of fused-ring (bicyclic) bond motifs is 2. The van der Waals surface area contributed by atoms with Gasteiger partial charge in [-0.25, -0.2) is 17.9 Å². The fourth-order valence-electron chi connectivity index (χ4n) is 8.00. The molecule has 0 N–H and O–H groups in total. The molecule has 2 aromatic carbocycles. The Labute approximate surface area is 253 Å². The molecule has 4 aliphatic rings. The number of morpholine rings is 1. The largest absolute Gasteiger partial charge is 0.375 e. The molecule has 8 nitrogen and oxygen atoms in total. The van der Waals surface area contributed by atoms with Crippen molar-refractivity contribution < 1.29 is 22.7 Å². The summed E-state index contributed by atoms with van der Waals surface area (Å²) in [5.41, 5.74) is 2.10. The molecule has 0 radical (unpaired) electrons. The van der Waals surface area contributed by atoms with Crippen LogP contribution < -0.4 is 0 Å². The van der Waals surface area contributed by atoms with Crippen molar-refractivity contribution in [2.24, 2.45) is 5.92 Å². The van der Waals surface area contributed by atoms with Crippen molar-refractivity contribution in [1.82, 2.24) is 30.0 Å². The summed E-state index contributed by atoms with van der Waals surface area (Å²) in [5, 5.41) is 11.5. The van der Waals surface area contributed by atoms with Gasteiger partial charge in [-0.05, 0) is 96.2 Å². The van der Waals surface area contributed by atoms with Crippen LogP contribution >= 0.6 is 11.6 Å². The third kappa shape index (κ3) is 5.33. The van der Waals surface area contributed by atoms with Crippen molar-refractivity contribution in [2.75, 3.05) is 26.2 Å². The minimum Gasteiger partial charge on any atom is -0.375 e. The number of rotatable bonds is 6. The first kappa shape index (κ1) is 28.7. The van der Waals surface area contributed by atoms with Crippen molar-refractivity contribution >= 4 is 17.5 Å². The van der Waals surface area contributed by atoms with E-state index in [0.717, 1.165) is 30.2 Å². The molecular weight excluding hydrogens is 581 g/mol. The van der Waals surface area contributed by atoms with Gasteiger partial charge in [0.2, 0.25) is 5.91 Å². The zero-order chi connectivity index (χ0) is 29.8. The van der Waals surface area contributed by atoms with E-state index < -0.39 is 23.4 Å². The topological polar surface area (TPSA) is 76.4 Å². The second-order valence-corrected chi connectivity index (χ2v) is 12.9. The predicted octanol–water partition coefficient (Wildman–Crippen LogP) is 5.09. The highest BCUT2D eigenvalue weighted by Crippen LogP contribution is 2.47.